The molecule has 1 rings (SSSR count). The third kappa shape index (κ3) is 9.54. The van der Waals surface area contributed by atoms with E-state index < -0.39 is 0 Å². The Labute approximate surface area is 134 Å². The Bertz CT molecular complexity index is 241. The van der Waals surface area contributed by atoms with Crippen LogP contribution in [-0.4, -0.2) is 49.3 Å². The summed E-state index contributed by atoms with van der Waals surface area (Å²) < 4.78 is 5.37. The van der Waals surface area contributed by atoms with E-state index in [2.05, 4.69) is 43.4 Å². The third-order valence-electron chi connectivity index (χ3n) is 3.94. The Kier molecular flexibility index (Phi) is 9.67. The zero-order valence-corrected chi connectivity index (χ0v) is 15.5. The van der Waals surface area contributed by atoms with Gasteiger partial charge in [-0.2, -0.15) is 0 Å². The predicted octanol–water partition coefficient (Wildman–Crippen LogP) is 4.55. The summed E-state index contributed by atoms with van der Waals surface area (Å²) in [6.45, 7) is 14.8. The number of hydrogen-bond donors (Lipinski definition) is 0. The van der Waals surface area contributed by atoms with Gasteiger partial charge in [-0.15, -0.1) is 0 Å². The lowest BCUT2D eigenvalue weighted by Gasteiger charge is -2.26. The molecule has 0 bridgehead atoms. The van der Waals surface area contributed by atoms with Crippen LogP contribution in [0.4, 0.5) is 0 Å². The van der Waals surface area contributed by atoms with E-state index in [0.717, 1.165) is 32.2 Å². The van der Waals surface area contributed by atoms with E-state index in [0.29, 0.717) is 5.41 Å². The Balaban J connectivity index is 1.95. The van der Waals surface area contributed by atoms with Gasteiger partial charge in [-0.3, -0.25) is 4.90 Å². The highest BCUT2D eigenvalue weighted by atomic mass is 33.1. The molecule has 2 nitrogen and oxygen atoms in total. The van der Waals surface area contributed by atoms with Gasteiger partial charge in [0, 0.05) is 31.1 Å². The number of rotatable bonds is 10. The normalized spacial score (nSPS) is 17.9. The molecule has 0 unspecified atom stereocenters. The van der Waals surface area contributed by atoms with Crippen LogP contribution in [0.1, 0.15) is 47.0 Å². The van der Waals surface area contributed by atoms with Crippen molar-refractivity contribution in [2.24, 2.45) is 11.3 Å². The van der Waals surface area contributed by atoms with Gasteiger partial charge in [-0.05, 0) is 24.2 Å². The van der Waals surface area contributed by atoms with Crippen LogP contribution >= 0.6 is 21.6 Å². The zero-order chi connectivity index (χ0) is 14.8. The highest BCUT2D eigenvalue weighted by Gasteiger charge is 2.17. The number of nitrogens with zero attached hydrogens (tertiary/aromatic N) is 1. The zero-order valence-electron chi connectivity index (χ0n) is 13.8. The van der Waals surface area contributed by atoms with Crippen LogP contribution < -0.4 is 0 Å². The average Bonchev–Trinajstić information content (AvgIpc) is 2.42. The minimum Gasteiger partial charge on any atom is -0.379 e. The summed E-state index contributed by atoms with van der Waals surface area (Å²) in [6, 6.07) is 0. The highest BCUT2D eigenvalue weighted by molar-refractivity contribution is 8.76. The van der Waals surface area contributed by atoms with Gasteiger partial charge in [0.25, 0.3) is 0 Å². The number of ether oxygens (including phenoxy) is 1. The maximum Gasteiger partial charge on any atom is 0.0594 e. The molecule has 4 heteroatoms. The third-order valence-corrected chi connectivity index (χ3v) is 6.33. The van der Waals surface area contributed by atoms with Gasteiger partial charge in [-0.25, -0.2) is 0 Å². The van der Waals surface area contributed by atoms with E-state index in [9.17, 15) is 0 Å². The smallest absolute Gasteiger partial charge is 0.0594 e. The van der Waals surface area contributed by atoms with Crippen molar-refractivity contribution in [1.29, 1.82) is 0 Å². The van der Waals surface area contributed by atoms with Crippen LogP contribution in [0.25, 0.3) is 0 Å². The molecule has 0 aliphatic carbocycles. The predicted molar refractivity (Wildman–Crippen MR) is 94.6 cm³/mol. The Morgan fingerprint density at radius 1 is 1.05 bits per heavy atom. The van der Waals surface area contributed by atoms with Crippen LogP contribution in [0, 0.1) is 11.3 Å². The average molecular weight is 320 g/mol. The molecule has 0 aromatic heterocycles. The van der Waals surface area contributed by atoms with Gasteiger partial charge in [0.1, 0.15) is 0 Å². The molecule has 120 valence electrons. The van der Waals surface area contributed by atoms with Crippen LogP contribution in [-0.2, 0) is 4.74 Å². The standard InChI is InChI=1S/C16H33NOS2/c1-15(2)5-6-16(3,4)7-13-19-20-14-10-17-8-11-18-12-9-17/h15H,5-14H2,1-4H3. The quantitative estimate of drug-likeness (QED) is 0.432. The Morgan fingerprint density at radius 3 is 2.35 bits per heavy atom. The minimum absolute atomic E-state index is 0.516. The molecular formula is C16H33NOS2. The van der Waals surface area contributed by atoms with Crippen molar-refractivity contribution in [2.45, 2.75) is 47.0 Å². The summed E-state index contributed by atoms with van der Waals surface area (Å²) in [7, 11) is 4.11. The van der Waals surface area contributed by atoms with Crippen molar-refractivity contribution in [3.05, 3.63) is 0 Å². The number of hydrogen-bond acceptors (Lipinski definition) is 4. The van der Waals surface area contributed by atoms with Crippen molar-refractivity contribution in [3.63, 3.8) is 0 Å². The topological polar surface area (TPSA) is 12.5 Å². The SMILES string of the molecule is CC(C)CCC(C)(C)CCSSCCN1CCOCC1. The summed E-state index contributed by atoms with van der Waals surface area (Å²) in [4.78, 5) is 2.52. The van der Waals surface area contributed by atoms with Crippen LogP contribution in [0.3, 0.4) is 0 Å². The van der Waals surface area contributed by atoms with Gasteiger partial charge in [0.2, 0.25) is 0 Å². The van der Waals surface area contributed by atoms with Crippen LogP contribution in [0.15, 0.2) is 0 Å². The first-order chi connectivity index (χ1) is 9.49. The maximum absolute atomic E-state index is 5.37. The second-order valence-electron chi connectivity index (χ2n) is 6.94. The van der Waals surface area contributed by atoms with E-state index in [4.69, 9.17) is 4.74 Å². The van der Waals surface area contributed by atoms with Gasteiger partial charge in [0.05, 0.1) is 13.2 Å². The summed E-state index contributed by atoms with van der Waals surface area (Å²) in [6.07, 6.45) is 4.07. The van der Waals surface area contributed by atoms with Crippen molar-refractivity contribution < 1.29 is 4.74 Å². The summed E-state index contributed by atoms with van der Waals surface area (Å²) in [5.74, 6) is 3.38. The molecule has 1 aliphatic rings. The maximum atomic E-state index is 5.37. The molecule has 1 saturated heterocycles. The molecule has 0 saturated carbocycles. The van der Waals surface area contributed by atoms with E-state index in [1.165, 1.54) is 37.3 Å². The minimum atomic E-state index is 0.516. The molecule has 20 heavy (non-hydrogen) atoms. The monoisotopic (exact) mass is 319 g/mol. The summed E-state index contributed by atoms with van der Waals surface area (Å²) in [5.41, 5.74) is 0.516. The van der Waals surface area contributed by atoms with Gasteiger partial charge in [-0.1, -0.05) is 55.7 Å². The summed E-state index contributed by atoms with van der Waals surface area (Å²) in [5, 5.41) is 0. The fourth-order valence-corrected chi connectivity index (χ4v) is 4.62. The molecular weight excluding hydrogens is 286 g/mol. The molecule has 0 amide bonds. The molecule has 1 aliphatic heterocycles. The van der Waals surface area contributed by atoms with Crippen molar-refractivity contribution in [3.8, 4) is 0 Å². The number of morpholine rings is 1. The van der Waals surface area contributed by atoms with Crippen LogP contribution in [0.5, 0.6) is 0 Å². The van der Waals surface area contributed by atoms with E-state index in [-0.39, 0.29) is 0 Å². The van der Waals surface area contributed by atoms with Crippen molar-refractivity contribution in [2.75, 3.05) is 44.4 Å². The Morgan fingerprint density at radius 2 is 1.70 bits per heavy atom. The lowest BCUT2D eigenvalue weighted by molar-refractivity contribution is 0.0410. The fourth-order valence-electron chi connectivity index (χ4n) is 2.23. The molecule has 0 radical (unpaired) electrons. The highest BCUT2D eigenvalue weighted by Crippen LogP contribution is 2.32. The van der Waals surface area contributed by atoms with Gasteiger partial charge >= 0.3 is 0 Å². The molecule has 0 aromatic carbocycles. The van der Waals surface area contributed by atoms with Gasteiger partial charge in [0.15, 0.2) is 0 Å². The lowest BCUT2D eigenvalue weighted by Crippen LogP contribution is -2.37. The molecule has 1 fully saturated rings. The molecule has 1 heterocycles. The lowest BCUT2D eigenvalue weighted by atomic mass is 9.83. The first-order valence-electron chi connectivity index (χ1n) is 8.04. The summed E-state index contributed by atoms with van der Waals surface area (Å²) >= 11 is 0. The molecule has 0 atom stereocenters. The molecule has 0 spiro atoms. The molecule has 0 aromatic rings. The van der Waals surface area contributed by atoms with E-state index >= 15 is 0 Å². The van der Waals surface area contributed by atoms with E-state index in [1.807, 2.05) is 10.8 Å². The second kappa shape index (κ2) is 10.4. The van der Waals surface area contributed by atoms with E-state index in [1.54, 1.807) is 0 Å². The molecule has 0 N–H and O–H groups in total. The van der Waals surface area contributed by atoms with Gasteiger partial charge < -0.3 is 4.74 Å². The van der Waals surface area contributed by atoms with Crippen molar-refractivity contribution in [1.82, 2.24) is 4.90 Å². The first-order valence-corrected chi connectivity index (χ1v) is 10.5. The first kappa shape index (κ1) is 18.7. The van der Waals surface area contributed by atoms with Crippen LogP contribution in [0.2, 0.25) is 0 Å². The second-order valence-corrected chi connectivity index (χ2v) is 9.65. The largest absolute Gasteiger partial charge is 0.379 e. The fraction of sp³-hybridized carbons (Fsp3) is 1.00. The Hall–Kier alpha value is 0.620. The van der Waals surface area contributed by atoms with Crippen molar-refractivity contribution >= 4 is 21.6 Å².